The SMILES string of the molecule is CCOc1c(I)cc(Br)cc1-c1c(C(=O)O)c(N)[nH]c(=O)c1C(=O)O. The molecule has 10 heteroatoms. The highest BCUT2D eigenvalue weighted by molar-refractivity contribution is 14.1. The monoisotopic (exact) mass is 522 g/mol. The van der Waals surface area contributed by atoms with Crippen molar-refractivity contribution >= 4 is 56.3 Å². The number of nitrogens with one attached hydrogen (secondary N) is 1. The van der Waals surface area contributed by atoms with E-state index in [1.165, 1.54) is 6.07 Å². The van der Waals surface area contributed by atoms with Crippen LogP contribution in [-0.4, -0.2) is 33.7 Å². The van der Waals surface area contributed by atoms with E-state index < -0.39 is 34.4 Å². The molecule has 0 bridgehead atoms. The lowest BCUT2D eigenvalue weighted by molar-refractivity contribution is 0.0695. The molecule has 0 amide bonds. The van der Waals surface area contributed by atoms with Crippen LogP contribution in [0.15, 0.2) is 21.4 Å². The third-order valence-electron chi connectivity index (χ3n) is 3.24. The minimum Gasteiger partial charge on any atom is -0.492 e. The summed E-state index contributed by atoms with van der Waals surface area (Å²) >= 11 is 5.25. The Morgan fingerprint density at radius 2 is 1.88 bits per heavy atom. The first-order valence-corrected chi connectivity index (χ1v) is 8.70. The summed E-state index contributed by atoms with van der Waals surface area (Å²) in [4.78, 5) is 37.5. The van der Waals surface area contributed by atoms with E-state index >= 15 is 0 Å². The maximum atomic E-state index is 12.1. The Kier molecular flexibility index (Phi) is 5.72. The summed E-state index contributed by atoms with van der Waals surface area (Å²) in [6.45, 7) is 1.98. The number of nitrogen functional groups attached to an aromatic ring is 1. The second kappa shape index (κ2) is 7.44. The van der Waals surface area contributed by atoms with Crippen molar-refractivity contribution < 1.29 is 24.5 Å². The van der Waals surface area contributed by atoms with Crippen LogP contribution in [0.25, 0.3) is 11.1 Å². The maximum absolute atomic E-state index is 12.1. The number of benzene rings is 1. The van der Waals surface area contributed by atoms with Crippen molar-refractivity contribution in [2.24, 2.45) is 0 Å². The predicted molar refractivity (Wildman–Crippen MR) is 102 cm³/mol. The van der Waals surface area contributed by atoms with Crippen molar-refractivity contribution in [1.82, 2.24) is 4.98 Å². The molecule has 132 valence electrons. The molecule has 0 aliphatic rings. The van der Waals surface area contributed by atoms with E-state index in [2.05, 4.69) is 20.9 Å². The van der Waals surface area contributed by atoms with Crippen LogP contribution in [0.2, 0.25) is 0 Å². The lowest BCUT2D eigenvalue weighted by atomic mass is 9.94. The average Bonchev–Trinajstić information content (AvgIpc) is 2.47. The van der Waals surface area contributed by atoms with Crippen molar-refractivity contribution in [3.05, 3.63) is 41.7 Å². The fourth-order valence-corrected chi connectivity index (χ4v) is 4.02. The van der Waals surface area contributed by atoms with Crippen LogP contribution in [0.1, 0.15) is 27.6 Å². The number of carbonyl (C=O) groups is 2. The van der Waals surface area contributed by atoms with Gasteiger partial charge in [0.15, 0.2) is 0 Å². The van der Waals surface area contributed by atoms with Gasteiger partial charge in [-0.25, -0.2) is 9.59 Å². The van der Waals surface area contributed by atoms with Crippen molar-refractivity contribution in [1.29, 1.82) is 0 Å². The molecule has 0 fully saturated rings. The first kappa shape index (κ1) is 19.2. The van der Waals surface area contributed by atoms with Gasteiger partial charge in [-0.2, -0.15) is 0 Å². The van der Waals surface area contributed by atoms with Gasteiger partial charge in [0, 0.05) is 15.6 Å². The topological polar surface area (TPSA) is 143 Å². The zero-order valence-electron chi connectivity index (χ0n) is 12.7. The molecule has 1 aromatic carbocycles. The highest BCUT2D eigenvalue weighted by atomic mass is 127. The number of hydrogen-bond acceptors (Lipinski definition) is 5. The Balaban J connectivity index is 3.08. The average molecular weight is 523 g/mol. The number of H-pyrrole nitrogens is 1. The molecule has 0 unspecified atom stereocenters. The number of nitrogens with two attached hydrogens (primary N) is 1. The zero-order chi connectivity index (χ0) is 18.9. The molecule has 0 saturated heterocycles. The van der Waals surface area contributed by atoms with Gasteiger partial charge in [-0.15, -0.1) is 0 Å². The molecule has 0 atom stereocenters. The molecule has 2 aromatic rings. The standard InChI is InChI=1S/C15H12BrIN2O6/c1-2-25-11-6(3-5(16)4-7(11)17)8-9(14(21)22)12(18)19-13(20)10(8)15(23)24/h3-4H,2H2,1H3,(H,21,22)(H,23,24)(H3,18,19,20). The molecule has 2 rings (SSSR count). The van der Waals surface area contributed by atoms with Gasteiger partial charge >= 0.3 is 11.9 Å². The van der Waals surface area contributed by atoms with Crippen LogP contribution in [0, 0.1) is 3.57 Å². The molecule has 8 nitrogen and oxygen atoms in total. The number of carboxylic acids is 2. The van der Waals surface area contributed by atoms with Crippen LogP contribution >= 0.6 is 38.5 Å². The lowest BCUT2D eigenvalue weighted by Crippen LogP contribution is -2.24. The number of carboxylic acid groups (broad SMARTS) is 2. The molecule has 1 aromatic heterocycles. The molecule has 0 radical (unpaired) electrons. The summed E-state index contributed by atoms with van der Waals surface area (Å²) in [6.07, 6.45) is 0. The van der Waals surface area contributed by atoms with Crippen molar-refractivity contribution in [2.45, 2.75) is 6.92 Å². The molecular weight excluding hydrogens is 511 g/mol. The van der Waals surface area contributed by atoms with Crippen molar-refractivity contribution in [2.75, 3.05) is 12.3 Å². The number of anilines is 1. The summed E-state index contributed by atoms with van der Waals surface area (Å²) in [5.41, 5.74) is 3.26. The van der Waals surface area contributed by atoms with Gasteiger partial charge < -0.3 is 25.7 Å². The summed E-state index contributed by atoms with van der Waals surface area (Å²) < 4.78 is 6.72. The minimum absolute atomic E-state index is 0.147. The van der Waals surface area contributed by atoms with Crippen LogP contribution in [0.4, 0.5) is 5.82 Å². The summed E-state index contributed by atoms with van der Waals surface area (Å²) in [5, 5.41) is 19.0. The Morgan fingerprint density at radius 1 is 1.28 bits per heavy atom. The highest BCUT2D eigenvalue weighted by Crippen LogP contribution is 2.40. The number of halogens is 2. The van der Waals surface area contributed by atoms with Gasteiger partial charge in [0.2, 0.25) is 0 Å². The summed E-state index contributed by atoms with van der Waals surface area (Å²) in [6, 6.07) is 3.20. The molecule has 25 heavy (non-hydrogen) atoms. The Bertz CT molecular complexity index is 941. The Hall–Kier alpha value is -2.08. The third-order valence-corrected chi connectivity index (χ3v) is 4.50. The normalized spacial score (nSPS) is 10.5. The molecule has 1 heterocycles. The lowest BCUT2D eigenvalue weighted by Gasteiger charge is -2.17. The Labute approximate surface area is 163 Å². The van der Waals surface area contributed by atoms with Crippen LogP contribution < -0.4 is 16.0 Å². The molecule has 0 aliphatic heterocycles. The largest absolute Gasteiger partial charge is 0.492 e. The van der Waals surface area contributed by atoms with E-state index in [9.17, 15) is 24.6 Å². The Morgan fingerprint density at radius 3 is 2.40 bits per heavy atom. The second-order valence-electron chi connectivity index (χ2n) is 4.80. The minimum atomic E-state index is -1.57. The number of aromatic amines is 1. The smallest absolute Gasteiger partial charge is 0.342 e. The van der Waals surface area contributed by atoms with Crippen LogP contribution in [0.5, 0.6) is 5.75 Å². The third kappa shape index (κ3) is 3.63. The molecular formula is C15H12BrIN2O6. The first-order chi connectivity index (χ1) is 11.7. The van der Waals surface area contributed by atoms with Gasteiger partial charge in [-0.1, -0.05) is 15.9 Å². The quantitative estimate of drug-likeness (QED) is 0.442. The number of hydrogen-bond donors (Lipinski definition) is 4. The van der Waals surface area contributed by atoms with Gasteiger partial charge in [0.05, 0.1) is 10.2 Å². The van der Waals surface area contributed by atoms with E-state index in [1.54, 1.807) is 13.0 Å². The number of aromatic nitrogens is 1. The maximum Gasteiger partial charge on any atom is 0.342 e. The summed E-state index contributed by atoms with van der Waals surface area (Å²) in [5.74, 6) is -3.21. The molecule has 0 saturated carbocycles. The molecule has 5 N–H and O–H groups in total. The van der Waals surface area contributed by atoms with E-state index in [1.807, 2.05) is 22.6 Å². The number of rotatable bonds is 5. The predicted octanol–water partition coefficient (Wildman–Crippen LogP) is 2.79. The zero-order valence-corrected chi connectivity index (χ0v) is 16.5. The van der Waals surface area contributed by atoms with Gasteiger partial charge in [-0.05, 0) is 41.6 Å². The summed E-state index contributed by atoms with van der Waals surface area (Å²) in [7, 11) is 0. The van der Waals surface area contributed by atoms with E-state index in [4.69, 9.17) is 10.5 Å². The van der Waals surface area contributed by atoms with Gasteiger partial charge in [-0.3, -0.25) is 4.79 Å². The van der Waals surface area contributed by atoms with Gasteiger partial charge in [0.1, 0.15) is 22.7 Å². The first-order valence-electron chi connectivity index (χ1n) is 6.83. The number of aromatic carboxylic acids is 2. The van der Waals surface area contributed by atoms with Crippen LogP contribution in [0.3, 0.4) is 0 Å². The molecule has 0 aliphatic carbocycles. The van der Waals surface area contributed by atoms with Crippen molar-refractivity contribution in [3.8, 4) is 16.9 Å². The fourth-order valence-electron chi connectivity index (χ4n) is 2.35. The van der Waals surface area contributed by atoms with Crippen molar-refractivity contribution in [3.63, 3.8) is 0 Å². The van der Waals surface area contributed by atoms with E-state index in [0.717, 1.165) is 0 Å². The van der Waals surface area contributed by atoms with Gasteiger partial charge in [0.25, 0.3) is 5.56 Å². The number of ether oxygens (including phenoxy) is 1. The van der Waals surface area contributed by atoms with E-state index in [0.29, 0.717) is 8.04 Å². The molecule has 0 spiro atoms. The van der Waals surface area contributed by atoms with E-state index in [-0.39, 0.29) is 23.5 Å². The highest BCUT2D eigenvalue weighted by Gasteiger charge is 2.29. The number of pyridine rings is 1. The van der Waals surface area contributed by atoms with Crippen LogP contribution in [-0.2, 0) is 0 Å². The second-order valence-corrected chi connectivity index (χ2v) is 6.88. The fraction of sp³-hybridized carbons (Fsp3) is 0.133.